The highest BCUT2D eigenvalue weighted by atomic mass is 16.1. The fraction of sp³-hybridized carbons (Fsp3) is 0.400. The summed E-state index contributed by atoms with van der Waals surface area (Å²) in [6.45, 7) is 0.620. The van der Waals surface area contributed by atoms with E-state index in [1.807, 2.05) is 0 Å². The van der Waals surface area contributed by atoms with Crippen LogP contribution in [0, 0.1) is 0 Å². The lowest BCUT2D eigenvalue weighted by Crippen LogP contribution is -2.24. The summed E-state index contributed by atoms with van der Waals surface area (Å²) in [4.78, 5) is 14.8. The normalized spacial score (nSPS) is 14.1. The molecule has 1 N–H and O–H groups in total. The summed E-state index contributed by atoms with van der Waals surface area (Å²) in [6, 6.07) is 6.81. The molecule has 1 amide bonds. The summed E-state index contributed by atoms with van der Waals surface area (Å²) in [7, 11) is 0. The average Bonchev–Trinajstić information content (AvgIpc) is 2.49. The van der Waals surface area contributed by atoms with E-state index in [2.05, 4.69) is 21.4 Å². The summed E-state index contributed by atoms with van der Waals surface area (Å²) < 4.78 is 0. The molecule has 2 rings (SSSR count). The number of carbonyl (C=O) groups excluding carboxylic acids is 1. The van der Waals surface area contributed by atoms with E-state index >= 15 is 0 Å². The molecule has 5 nitrogen and oxygen atoms in total. The molecule has 20 heavy (non-hydrogen) atoms. The van der Waals surface area contributed by atoms with Crippen LogP contribution in [-0.2, 0) is 0 Å². The number of rotatable bonds is 5. The van der Waals surface area contributed by atoms with Gasteiger partial charge >= 0.3 is 0 Å². The Hall–Kier alpha value is -2.26. The van der Waals surface area contributed by atoms with E-state index in [-0.39, 0.29) is 5.91 Å². The summed E-state index contributed by atoms with van der Waals surface area (Å²) in [5.41, 5.74) is 10.7. The molecule has 1 aliphatic rings. The Morgan fingerprint density at radius 1 is 1.35 bits per heavy atom. The van der Waals surface area contributed by atoms with Gasteiger partial charge in [0.15, 0.2) is 0 Å². The first kappa shape index (κ1) is 14.2. The van der Waals surface area contributed by atoms with Crippen molar-refractivity contribution in [3.05, 3.63) is 51.9 Å². The zero-order valence-corrected chi connectivity index (χ0v) is 11.4. The number of nitrogens with zero attached hydrogens (tertiary/aromatic N) is 3. The molecule has 0 spiro atoms. The van der Waals surface area contributed by atoms with Crippen LogP contribution in [-0.4, -0.2) is 12.5 Å². The number of hydrogen-bond acceptors (Lipinski definition) is 2. The van der Waals surface area contributed by atoms with Crippen LogP contribution in [0.5, 0.6) is 0 Å². The maximum Gasteiger partial charge on any atom is 0.251 e. The molecule has 0 bridgehead atoms. The quantitative estimate of drug-likeness (QED) is 0.369. The Bertz CT molecular complexity index is 559. The van der Waals surface area contributed by atoms with Gasteiger partial charge in [-0.15, -0.1) is 0 Å². The molecule has 1 aromatic rings. The van der Waals surface area contributed by atoms with Gasteiger partial charge in [0.05, 0.1) is 5.69 Å². The van der Waals surface area contributed by atoms with Gasteiger partial charge in [0, 0.05) is 17.0 Å². The topological polar surface area (TPSA) is 77.9 Å². The van der Waals surface area contributed by atoms with Crippen molar-refractivity contribution in [2.24, 2.45) is 5.11 Å². The number of amides is 1. The molecule has 0 heterocycles. The van der Waals surface area contributed by atoms with Crippen LogP contribution in [0.1, 0.15) is 42.5 Å². The van der Waals surface area contributed by atoms with Gasteiger partial charge in [-0.1, -0.05) is 35.0 Å². The van der Waals surface area contributed by atoms with Crippen LogP contribution in [0.4, 0.5) is 5.69 Å². The molecule has 0 fully saturated rings. The van der Waals surface area contributed by atoms with E-state index < -0.39 is 0 Å². The Kier molecular flexibility index (Phi) is 5.21. The standard InChI is InChI=1S/C15H18N4O/c16-19-18-14-9-5-4-8-13(14)15(20)17-11-10-12-6-2-1-3-7-12/h4-6,8-9H,1-3,7,10-11H2,(H,17,20). The second-order valence-corrected chi connectivity index (χ2v) is 4.82. The van der Waals surface area contributed by atoms with E-state index in [4.69, 9.17) is 5.53 Å². The predicted octanol–water partition coefficient (Wildman–Crippen LogP) is 4.25. The van der Waals surface area contributed by atoms with Crippen molar-refractivity contribution in [2.45, 2.75) is 32.1 Å². The van der Waals surface area contributed by atoms with Crippen molar-refractivity contribution in [2.75, 3.05) is 6.54 Å². The highest BCUT2D eigenvalue weighted by Gasteiger charge is 2.10. The summed E-state index contributed by atoms with van der Waals surface area (Å²) in [6.07, 6.45) is 8.00. The third-order valence-corrected chi connectivity index (χ3v) is 3.42. The van der Waals surface area contributed by atoms with Crippen molar-refractivity contribution in [3.63, 3.8) is 0 Å². The number of benzene rings is 1. The maximum absolute atomic E-state index is 12.1. The molecule has 0 unspecified atom stereocenters. The molecule has 0 atom stereocenters. The van der Waals surface area contributed by atoms with Gasteiger partial charge in [0.25, 0.3) is 5.91 Å². The lowest BCUT2D eigenvalue weighted by atomic mass is 9.97. The lowest BCUT2D eigenvalue weighted by Gasteiger charge is -2.13. The third-order valence-electron chi connectivity index (χ3n) is 3.42. The van der Waals surface area contributed by atoms with E-state index in [1.165, 1.54) is 18.4 Å². The molecule has 1 aliphatic carbocycles. The SMILES string of the molecule is [N-]=[N+]=Nc1ccccc1C(=O)NCCC1=CCCCC1. The van der Waals surface area contributed by atoms with Crippen molar-refractivity contribution in [1.82, 2.24) is 5.32 Å². The third kappa shape index (κ3) is 3.87. The minimum absolute atomic E-state index is 0.190. The number of nitrogens with one attached hydrogen (secondary N) is 1. The number of carbonyl (C=O) groups is 1. The molecular weight excluding hydrogens is 252 g/mol. The second-order valence-electron chi connectivity index (χ2n) is 4.82. The van der Waals surface area contributed by atoms with Gasteiger partial charge < -0.3 is 5.32 Å². The molecule has 1 aromatic carbocycles. The summed E-state index contributed by atoms with van der Waals surface area (Å²) in [5.74, 6) is -0.190. The van der Waals surface area contributed by atoms with Crippen molar-refractivity contribution in [1.29, 1.82) is 0 Å². The minimum atomic E-state index is -0.190. The maximum atomic E-state index is 12.1. The minimum Gasteiger partial charge on any atom is -0.352 e. The van der Waals surface area contributed by atoms with Crippen LogP contribution in [0.15, 0.2) is 41.0 Å². The van der Waals surface area contributed by atoms with Gasteiger partial charge in [0.2, 0.25) is 0 Å². The van der Waals surface area contributed by atoms with Gasteiger partial charge in [-0.2, -0.15) is 0 Å². The zero-order valence-electron chi connectivity index (χ0n) is 11.4. The first-order valence-electron chi connectivity index (χ1n) is 6.91. The Labute approximate surface area is 118 Å². The van der Waals surface area contributed by atoms with Gasteiger partial charge in [0.1, 0.15) is 0 Å². The van der Waals surface area contributed by atoms with Crippen molar-refractivity contribution in [3.8, 4) is 0 Å². The van der Waals surface area contributed by atoms with Crippen LogP contribution in [0.3, 0.4) is 0 Å². The highest BCUT2D eigenvalue weighted by molar-refractivity contribution is 5.98. The molecule has 0 saturated heterocycles. The fourth-order valence-corrected chi connectivity index (χ4v) is 2.36. The van der Waals surface area contributed by atoms with Gasteiger partial charge in [-0.05, 0) is 43.7 Å². The monoisotopic (exact) mass is 270 g/mol. The highest BCUT2D eigenvalue weighted by Crippen LogP contribution is 2.20. The molecule has 0 aliphatic heterocycles. The Morgan fingerprint density at radius 2 is 2.20 bits per heavy atom. The molecule has 0 aromatic heterocycles. The van der Waals surface area contributed by atoms with Crippen molar-refractivity contribution < 1.29 is 4.79 Å². The number of azide groups is 1. The van der Waals surface area contributed by atoms with E-state index in [0.717, 1.165) is 19.3 Å². The first-order valence-corrected chi connectivity index (χ1v) is 6.91. The summed E-state index contributed by atoms with van der Waals surface area (Å²) in [5, 5.41) is 6.42. The number of allylic oxidation sites excluding steroid dienone is 1. The Morgan fingerprint density at radius 3 is 2.95 bits per heavy atom. The van der Waals surface area contributed by atoms with E-state index in [0.29, 0.717) is 17.8 Å². The van der Waals surface area contributed by atoms with Gasteiger partial charge in [-0.25, -0.2) is 0 Å². The lowest BCUT2D eigenvalue weighted by molar-refractivity contribution is 0.0954. The predicted molar refractivity (Wildman–Crippen MR) is 78.7 cm³/mol. The zero-order chi connectivity index (χ0) is 14.2. The largest absolute Gasteiger partial charge is 0.352 e. The van der Waals surface area contributed by atoms with Crippen LogP contribution < -0.4 is 5.32 Å². The molecular formula is C15H18N4O. The van der Waals surface area contributed by atoms with Gasteiger partial charge in [-0.3, -0.25) is 4.79 Å². The van der Waals surface area contributed by atoms with Crippen molar-refractivity contribution >= 4 is 11.6 Å². The van der Waals surface area contributed by atoms with Crippen LogP contribution in [0.25, 0.3) is 10.4 Å². The molecule has 0 radical (unpaired) electrons. The van der Waals surface area contributed by atoms with E-state index in [1.54, 1.807) is 24.3 Å². The van der Waals surface area contributed by atoms with Crippen LogP contribution >= 0.6 is 0 Å². The number of hydrogen-bond donors (Lipinski definition) is 1. The fourth-order valence-electron chi connectivity index (χ4n) is 2.36. The Balaban J connectivity index is 1.91. The summed E-state index contributed by atoms with van der Waals surface area (Å²) >= 11 is 0. The van der Waals surface area contributed by atoms with Crippen LogP contribution in [0.2, 0.25) is 0 Å². The smallest absolute Gasteiger partial charge is 0.251 e. The molecule has 0 saturated carbocycles. The van der Waals surface area contributed by atoms with E-state index in [9.17, 15) is 4.79 Å². The second kappa shape index (κ2) is 7.36. The molecule has 104 valence electrons. The average molecular weight is 270 g/mol. The first-order chi connectivity index (χ1) is 9.81. The molecule has 5 heteroatoms.